The van der Waals surface area contributed by atoms with E-state index in [1.165, 1.54) is 10.8 Å². The number of halogens is 1. The normalized spacial score (nSPS) is 9.31. The highest BCUT2D eigenvalue weighted by molar-refractivity contribution is 5.92. The van der Waals surface area contributed by atoms with Crippen LogP contribution in [-0.2, 0) is 0 Å². The Morgan fingerprint density at radius 2 is 1.92 bits per heavy atom. The van der Waals surface area contributed by atoms with Crippen LogP contribution in [0.4, 0.5) is 5.69 Å². The molecule has 2 nitrogen and oxygen atoms in total. The zero-order valence-corrected chi connectivity index (χ0v) is 8.14. The second kappa shape index (κ2) is 4.10. The molecule has 0 spiro atoms. The molecule has 0 saturated heterocycles. The molecular weight excluding hydrogens is 184 g/mol. The van der Waals surface area contributed by atoms with Crippen molar-refractivity contribution in [2.45, 2.75) is 0 Å². The van der Waals surface area contributed by atoms with E-state index in [4.69, 9.17) is 0 Å². The summed E-state index contributed by atoms with van der Waals surface area (Å²) < 4.78 is 0. The number of pyridine rings is 1. The molecule has 0 saturated carbocycles. The monoisotopic (exact) mass is 194 g/mol. The fourth-order valence-corrected chi connectivity index (χ4v) is 1.32. The summed E-state index contributed by atoms with van der Waals surface area (Å²) in [5, 5.41) is 5.50. The number of fused-ring (bicyclic) bond motifs is 1. The molecule has 1 N–H and O–H groups in total. The minimum atomic E-state index is 0. The van der Waals surface area contributed by atoms with E-state index in [0.717, 1.165) is 5.69 Å². The van der Waals surface area contributed by atoms with Gasteiger partial charge in [-0.15, -0.1) is 12.4 Å². The molecule has 0 radical (unpaired) electrons. The first kappa shape index (κ1) is 9.81. The SMILES string of the molecule is CNc1cncc2ccccc12.Cl. The molecule has 0 fully saturated rings. The Hall–Kier alpha value is -1.28. The Kier molecular flexibility index (Phi) is 3.09. The van der Waals surface area contributed by atoms with E-state index < -0.39 is 0 Å². The van der Waals surface area contributed by atoms with Crippen molar-refractivity contribution < 1.29 is 0 Å². The fraction of sp³-hybridized carbons (Fsp3) is 0.100. The highest BCUT2D eigenvalue weighted by Crippen LogP contribution is 2.20. The molecule has 0 atom stereocenters. The van der Waals surface area contributed by atoms with Gasteiger partial charge in [0.25, 0.3) is 0 Å². The van der Waals surface area contributed by atoms with E-state index in [-0.39, 0.29) is 12.4 Å². The van der Waals surface area contributed by atoms with Crippen LogP contribution in [-0.4, -0.2) is 12.0 Å². The topological polar surface area (TPSA) is 24.9 Å². The quantitative estimate of drug-likeness (QED) is 0.755. The number of aromatic nitrogens is 1. The molecule has 68 valence electrons. The maximum absolute atomic E-state index is 4.12. The largest absolute Gasteiger partial charge is 0.386 e. The Balaban J connectivity index is 0.000000845. The molecule has 13 heavy (non-hydrogen) atoms. The summed E-state index contributed by atoms with van der Waals surface area (Å²) in [7, 11) is 1.91. The highest BCUT2D eigenvalue weighted by Gasteiger charge is 1.96. The van der Waals surface area contributed by atoms with E-state index in [2.05, 4.69) is 22.4 Å². The highest BCUT2D eigenvalue weighted by atomic mass is 35.5. The number of rotatable bonds is 1. The summed E-state index contributed by atoms with van der Waals surface area (Å²) in [5.74, 6) is 0. The molecule has 3 heteroatoms. The van der Waals surface area contributed by atoms with Gasteiger partial charge in [0.2, 0.25) is 0 Å². The van der Waals surface area contributed by atoms with Crippen LogP contribution in [0.2, 0.25) is 0 Å². The lowest BCUT2D eigenvalue weighted by Crippen LogP contribution is -1.89. The summed E-state index contributed by atoms with van der Waals surface area (Å²) in [6, 6.07) is 8.19. The maximum Gasteiger partial charge on any atom is 0.0603 e. The maximum atomic E-state index is 4.12. The van der Waals surface area contributed by atoms with Gasteiger partial charge >= 0.3 is 0 Å². The summed E-state index contributed by atoms with van der Waals surface area (Å²) in [6.45, 7) is 0. The zero-order valence-electron chi connectivity index (χ0n) is 7.32. The first-order valence-corrected chi connectivity index (χ1v) is 3.92. The number of nitrogens with zero attached hydrogens (tertiary/aromatic N) is 1. The summed E-state index contributed by atoms with van der Waals surface area (Å²) in [5.41, 5.74) is 1.08. The van der Waals surface area contributed by atoms with Gasteiger partial charge in [0.15, 0.2) is 0 Å². The molecule has 1 heterocycles. The van der Waals surface area contributed by atoms with Crippen LogP contribution < -0.4 is 5.32 Å². The standard InChI is InChI=1S/C10H10N2.ClH/c1-11-10-7-12-6-8-4-2-3-5-9(8)10;/h2-7,11H,1H3;1H. The van der Waals surface area contributed by atoms with Crippen LogP contribution in [0.1, 0.15) is 0 Å². The van der Waals surface area contributed by atoms with Crippen molar-refractivity contribution in [3.8, 4) is 0 Å². The van der Waals surface area contributed by atoms with E-state index >= 15 is 0 Å². The molecule has 0 unspecified atom stereocenters. The van der Waals surface area contributed by atoms with Gasteiger partial charge in [-0.3, -0.25) is 4.98 Å². The van der Waals surface area contributed by atoms with E-state index in [0.29, 0.717) is 0 Å². The van der Waals surface area contributed by atoms with Crippen LogP contribution in [0, 0.1) is 0 Å². The van der Waals surface area contributed by atoms with E-state index in [1.54, 1.807) is 0 Å². The third-order valence-electron chi connectivity index (χ3n) is 1.94. The van der Waals surface area contributed by atoms with Crippen LogP contribution in [0.15, 0.2) is 36.7 Å². The van der Waals surface area contributed by atoms with Crippen molar-refractivity contribution in [3.63, 3.8) is 0 Å². The van der Waals surface area contributed by atoms with Crippen LogP contribution in [0.5, 0.6) is 0 Å². The lowest BCUT2D eigenvalue weighted by molar-refractivity contribution is 1.34. The first-order valence-electron chi connectivity index (χ1n) is 3.92. The van der Waals surface area contributed by atoms with Gasteiger partial charge in [-0.25, -0.2) is 0 Å². The molecule has 2 aromatic rings. The third-order valence-corrected chi connectivity index (χ3v) is 1.94. The van der Waals surface area contributed by atoms with Crippen LogP contribution in [0.3, 0.4) is 0 Å². The van der Waals surface area contributed by atoms with E-state index in [9.17, 15) is 0 Å². The molecule has 0 aliphatic carbocycles. The molecule has 1 aromatic heterocycles. The third kappa shape index (κ3) is 1.73. The Morgan fingerprint density at radius 3 is 2.69 bits per heavy atom. The molecule has 0 aliphatic heterocycles. The minimum Gasteiger partial charge on any atom is -0.386 e. The van der Waals surface area contributed by atoms with Crippen molar-refractivity contribution in [1.82, 2.24) is 4.98 Å². The van der Waals surface area contributed by atoms with Crippen molar-refractivity contribution in [1.29, 1.82) is 0 Å². The number of anilines is 1. The molecular formula is C10H11ClN2. The zero-order chi connectivity index (χ0) is 8.39. The average molecular weight is 195 g/mol. The number of nitrogens with one attached hydrogen (secondary N) is 1. The lowest BCUT2D eigenvalue weighted by Gasteiger charge is -2.03. The average Bonchev–Trinajstić information content (AvgIpc) is 2.17. The predicted octanol–water partition coefficient (Wildman–Crippen LogP) is 2.70. The minimum absolute atomic E-state index is 0. The van der Waals surface area contributed by atoms with Crippen LogP contribution in [0.25, 0.3) is 10.8 Å². The second-order valence-corrected chi connectivity index (χ2v) is 2.66. The first-order chi connectivity index (χ1) is 5.92. The Bertz CT molecular complexity index is 396. The molecule has 1 aromatic carbocycles. The number of hydrogen-bond donors (Lipinski definition) is 1. The van der Waals surface area contributed by atoms with Crippen molar-refractivity contribution >= 4 is 28.9 Å². The molecule has 0 aliphatic rings. The summed E-state index contributed by atoms with van der Waals surface area (Å²) >= 11 is 0. The van der Waals surface area contributed by atoms with Gasteiger partial charge in [0.05, 0.1) is 11.9 Å². The Morgan fingerprint density at radius 1 is 1.15 bits per heavy atom. The van der Waals surface area contributed by atoms with Crippen molar-refractivity contribution in [3.05, 3.63) is 36.7 Å². The molecule has 2 rings (SSSR count). The lowest BCUT2D eigenvalue weighted by atomic mass is 10.1. The Labute approximate surface area is 83.4 Å². The number of benzene rings is 1. The predicted molar refractivity (Wildman–Crippen MR) is 58.5 cm³/mol. The van der Waals surface area contributed by atoms with Gasteiger partial charge < -0.3 is 5.32 Å². The fourth-order valence-electron chi connectivity index (χ4n) is 1.32. The molecule has 0 bridgehead atoms. The number of hydrogen-bond acceptors (Lipinski definition) is 2. The van der Waals surface area contributed by atoms with Gasteiger partial charge in [0, 0.05) is 24.0 Å². The summed E-state index contributed by atoms with van der Waals surface area (Å²) in [6.07, 6.45) is 3.71. The van der Waals surface area contributed by atoms with Gasteiger partial charge in [0.1, 0.15) is 0 Å². The second-order valence-electron chi connectivity index (χ2n) is 2.66. The van der Waals surface area contributed by atoms with Crippen molar-refractivity contribution in [2.24, 2.45) is 0 Å². The smallest absolute Gasteiger partial charge is 0.0603 e. The molecule has 0 amide bonds. The van der Waals surface area contributed by atoms with E-state index in [1.807, 2.05) is 31.6 Å². The van der Waals surface area contributed by atoms with Gasteiger partial charge in [-0.2, -0.15) is 0 Å². The van der Waals surface area contributed by atoms with Crippen molar-refractivity contribution in [2.75, 3.05) is 12.4 Å². The van der Waals surface area contributed by atoms with Gasteiger partial charge in [-0.1, -0.05) is 24.3 Å². The van der Waals surface area contributed by atoms with Gasteiger partial charge in [-0.05, 0) is 0 Å². The van der Waals surface area contributed by atoms with Crippen LogP contribution >= 0.6 is 12.4 Å². The summed E-state index contributed by atoms with van der Waals surface area (Å²) in [4.78, 5) is 4.12.